The van der Waals surface area contributed by atoms with Crippen molar-refractivity contribution in [3.8, 4) is 0 Å². The molecule has 1 amide bonds. The Kier molecular flexibility index (Phi) is 7.08. The van der Waals surface area contributed by atoms with Crippen molar-refractivity contribution in [2.45, 2.75) is 51.6 Å². The molecule has 0 aliphatic carbocycles. The van der Waals surface area contributed by atoms with E-state index in [-0.39, 0.29) is 29.1 Å². The number of fused-ring (bicyclic) bond motifs is 1. The predicted molar refractivity (Wildman–Crippen MR) is 139 cm³/mol. The smallest absolute Gasteiger partial charge is 0.251 e. The van der Waals surface area contributed by atoms with Crippen LogP contribution in [0, 0.1) is 6.92 Å². The van der Waals surface area contributed by atoms with Gasteiger partial charge in [-0.05, 0) is 68.3 Å². The molecule has 0 unspecified atom stereocenters. The quantitative estimate of drug-likeness (QED) is 0.367. The van der Waals surface area contributed by atoms with Crippen molar-refractivity contribution in [1.82, 2.24) is 14.9 Å². The molecule has 182 valence electrons. The third-order valence-electron chi connectivity index (χ3n) is 6.30. The highest BCUT2D eigenvalue weighted by Gasteiger charge is 2.16. The Morgan fingerprint density at radius 1 is 1.06 bits per heavy atom. The molecule has 4 aromatic rings. The van der Waals surface area contributed by atoms with Crippen LogP contribution in [0.2, 0.25) is 0 Å². The third-order valence-corrected chi connectivity index (χ3v) is 8.02. The summed E-state index contributed by atoms with van der Waals surface area (Å²) < 4.78 is 26.2. The van der Waals surface area contributed by atoms with E-state index in [0.29, 0.717) is 11.3 Å². The minimum Gasteiger partial charge on any atom is -0.346 e. The highest BCUT2D eigenvalue weighted by atomic mass is 32.2. The number of carbonyl (C=O) groups is 1. The van der Waals surface area contributed by atoms with Crippen LogP contribution in [0.3, 0.4) is 0 Å². The van der Waals surface area contributed by atoms with Gasteiger partial charge in [0.2, 0.25) is 0 Å². The van der Waals surface area contributed by atoms with Crippen molar-refractivity contribution in [2.24, 2.45) is 0 Å². The number of aromatic nitrogens is 2. The lowest BCUT2D eigenvalue weighted by molar-refractivity contribution is 0.0950. The van der Waals surface area contributed by atoms with Gasteiger partial charge in [0.1, 0.15) is 0 Å². The number of nitrogens with one attached hydrogen (secondary N) is 1. The number of benzene rings is 2. The van der Waals surface area contributed by atoms with Crippen LogP contribution in [0.1, 0.15) is 59.7 Å². The van der Waals surface area contributed by atoms with Crippen LogP contribution in [0.5, 0.6) is 0 Å². The second kappa shape index (κ2) is 10.0. The van der Waals surface area contributed by atoms with Gasteiger partial charge in [0.05, 0.1) is 22.9 Å². The molecular weight excluding hydrogens is 458 g/mol. The first-order chi connectivity index (χ1) is 16.7. The summed E-state index contributed by atoms with van der Waals surface area (Å²) in [5.74, 6) is -0.171. The number of amides is 1. The second-order valence-electron chi connectivity index (χ2n) is 9.05. The molecule has 0 saturated heterocycles. The summed E-state index contributed by atoms with van der Waals surface area (Å²) in [5.41, 5.74) is 6.05. The van der Waals surface area contributed by atoms with Gasteiger partial charge in [0, 0.05) is 40.8 Å². The molecule has 35 heavy (non-hydrogen) atoms. The fourth-order valence-corrected chi connectivity index (χ4v) is 5.15. The Bertz CT molecular complexity index is 1470. The Morgan fingerprint density at radius 2 is 1.83 bits per heavy atom. The number of sulfone groups is 1. The number of rotatable bonds is 8. The molecule has 1 N–H and O–H groups in total. The van der Waals surface area contributed by atoms with Gasteiger partial charge in [-0.2, -0.15) is 0 Å². The summed E-state index contributed by atoms with van der Waals surface area (Å²) in [5, 5.41) is 3.92. The van der Waals surface area contributed by atoms with E-state index in [2.05, 4.69) is 66.0 Å². The van der Waals surface area contributed by atoms with Crippen LogP contribution in [-0.4, -0.2) is 29.6 Å². The number of hydrogen-bond acceptors (Lipinski definition) is 4. The first-order valence-corrected chi connectivity index (χ1v) is 13.5. The first kappa shape index (κ1) is 24.7. The average molecular weight is 490 g/mol. The Hall–Kier alpha value is -3.45. The van der Waals surface area contributed by atoms with Crippen molar-refractivity contribution in [3.05, 3.63) is 94.9 Å². The largest absolute Gasteiger partial charge is 0.346 e. The van der Waals surface area contributed by atoms with Gasteiger partial charge in [-0.15, -0.1) is 0 Å². The van der Waals surface area contributed by atoms with Gasteiger partial charge in [-0.25, -0.2) is 8.42 Å². The molecule has 0 bridgehead atoms. The fraction of sp³-hybridized carbons (Fsp3) is 0.286. The van der Waals surface area contributed by atoms with Crippen molar-refractivity contribution in [2.75, 3.05) is 5.75 Å². The molecular formula is C28H31N3O3S. The highest BCUT2D eigenvalue weighted by Crippen LogP contribution is 2.27. The molecule has 0 fully saturated rings. The summed E-state index contributed by atoms with van der Waals surface area (Å²) in [7, 11) is -3.29. The van der Waals surface area contributed by atoms with Gasteiger partial charge in [0.15, 0.2) is 9.84 Å². The molecule has 0 spiro atoms. The molecule has 7 heteroatoms. The molecule has 6 nitrogen and oxygen atoms in total. The second-order valence-corrected chi connectivity index (χ2v) is 11.3. The predicted octanol–water partition coefficient (Wildman–Crippen LogP) is 5.24. The monoisotopic (exact) mass is 489 g/mol. The van der Waals surface area contributed by atoms with E-state index < -0.39 is 9.84 Å². The van der Waals surface area contributed by atoms with Crippen LogP contribution in [0.4, 0.5) is 0 Å². The molecule has 2 aromatic carbocycles. The van der Waals surface area contributed by atoms with Crippen LogP contribution in [-0.2, 0) is 22.8 Å². The van der Waals surface area contributed by atoms with E-state index >= 15 is 0 Å². The normalized spacial score (nSPS) is 11.8. The summed E-state index contributed by atoms with van der Waals surface area (Å²) >= 11 is 0. The maximum absolute atomic E-state index is 12.9. The average Bonchev–Trinajstić information content (AvgIpc) is 3.21. The van der Waals surface area contributed by atoms with E-state index in [9.17, 15) is 13.2 Å². The van der Waals surface area contributed by atoms with Gasteiger partial charge in [-0.1, -0.05) is 31.2 Å². The van der Waals surface area contributed by atoms with Crippen molar-refractivity contribution >= 4 is 26.6 Å². The number of aryl methyl sites for hydroxylation is 1. The number of hydrogen-bond donors (Lipinski definition) is 1. The summed E-state index contributed by atoms with van der Waals surface area (Å²) in [6.07, 6.45) is 2.17. The minimum atomic E-state index is -3.29. The Labute approximate surface area is 206 Å². The summed E-state index contributed by atoms with van der Waals surface area (Å²) in [6.45, 7) is 8.29. The van der Waals surface area contributed by atoms with E-state index in [0.717, 1.165) is 17.3 Å². The lowest BCUT2D eigenvalue weighted by Crippen LogP contribution is -2.23. The van der Waals surface area contributed by atoms with Crippen LogP contribution in [0.15, 0.2) is 71.8 Å². The highest BCUT2D eigenvalue weighted by molar-refractivity contribution is 7.91. The molecule has 0 atom stereocenters. The number of carbonyl (C=O) groups excluding carboxylic acids is 1. The van der Waals surface area contributed by atoms with Crippen LogP contribution >= 0.6 is 0 Å². The topological polar surface area (TPSA) is 81.1 Å². The van der Waals surface area contributed by atoms with Crippen molar-refractivity contribution in [1.29, 1.82) is 0 Å². The minimum absolute atomic E-state index is 0.0262. The zero-order chi connectivity index (χ0) is 25.2. The lowest BCUT2D eigenvalue weighted by Gasteiger charge is -2.16. The van der Waals surface area contributed by atoms with Gasteiger partial charge >= 0.3 is 0 Å². The van der Waals surface area contributed by atoms with E-state index in [1.807, 2.05) is 18.2 Å². The SMILES string of the molecule is CCS(=O)(=O)c1ccc(CNC(=O)c2ccc3c(c2)cc(Cc2ccccc2C)n3C(C)C)nc1. The van der Waals surface area contributed by atoms with Crippen LogP contribution in [0.25, 0.3) is 10.9 Å². The van der Waals surface area contributed by atoms with E-state index in [4.69, 9.17) is 0 Å². The van der Waals surface area contributed by atoms with E-state index in [1.165, 1.54) is 29.1 Å². The molecule has 0 radical (unpaired) electrons. The summed E-state index contributed by atoms with van der Waals surface area (Å²) in [6, 6.07) is 19.8. The molecule has 2 aromatic heterocycles. The van der Waals surface area contributed by atoms with Gasteiger partial charge in [0.25, 0.3) is 5.91 Å². The zero-order valence-corrected chi connectivity index (χ0v) is 21.4. The Morgan fingerprint density at radius 3 is 2.49 bits per heavy atom. The van der Waals surface area contributed by atoms with Gasteiger partial charge in [-0.3, -0.25) is 9.78 Å². The molecule has 0 aliphatic heterocycles. The van der Waals surface area contributed by atoms with Crippen LogP contribution < -0.4 is 5.32 Å². The number of pyridine rings is 1. The fourth-order valence-electron chi connectivity index (χ4n) is 4.32. The molecule has 4 rings (SSSR count). The molecule has 2 heterocycles. The lowest BCUT2D eigenvalue weighted by atomic mass is 10.0. The van der Waals surface area contributed by atoms with E-state index in [1.54, 1.807) is 13.0 Å². The number of nitrogens with zero attached hydrogens (tertiary/aromatic N) is 2. The standard InChI is InChI=1S/C28H31N3O3S/c1-5-35(33,34)26-12-11-24(29-18-26)17-30-28(32)22-10-13-27-23(14-22)16-25(31(27)19(2)3)15-21-9-7-6-8-20(21)4/h6-14,16,18-19H,5,15,17H2,1-4H3,(H,30,32). The molecule has 0 aliphatic rings. The van der Waals surface area contributed by atoms with Crippen molar-refractivity contribution < 1.29 is 13.2 Å². The zero-order valence-electron chi connectivity index (χ0n) is 20.6. The Balaban J connectivity index is 1.54. The maximum Gasteiger partial charge on any atom is 0.251 e. The maximum atomic E-state index is 12.9. The molecule has 0 saturated carbocycles. The summed E-state index contributed by atoms with van der Waals surface area (Å²) in [4.78, 5) is 17.2. The first-order valence-electron chi connectivity index (χ1n) is 11.8. The third kappa shape index (κ3) is 5.30. The van der Waals surface area contributed by atoms with Gasteiger partial charge < -0.3 is 9.88 Å². The van der Waals surface area contributed by atoms with Crippen molar-refractivity contribution in [3.63, 3.8) is 0 Å².